The summed E-state index contributed by atoms with van der Waals surface area (Å²) >= 11 is 1.45. The van der Waals surface area contributed by atoms with Crippen molar-refractivity contribution in [3.8, 4) is 0 Å². The number of halogens is 1. The molecule has 1 aliphatic rings. The van der Waals surface area contributed by atoms with Crippen molar-refractivity contribution in [1.82, 2.24) is 14.8 Å². The number of amides is 1. The average molecular weight is 348 g/mol. The monoisotopic (exact) mass is 348 g/mol. The van der Waals surface area contributed by atoms with Crippen LogP contribution in [0, 0.1) is 5.82 Å². The van der Waals surface area contributed by atoms with Crippen molar-refractivity contribution in [2.75, 3.05) is 5.32 Å². The highest BCUT2D eigenvalue weighted by Gasteiger charge is 2.23. The minimum absolute atomic E-state index is 0.0971. The molecule has 0 fully saturated rings. The molecule has 0 spiro atoms. The van der Waals surface area contributed by atoms with E-state index in [1.54, 1.807) is 12.1 Å². The van der Waals surface area contributed by atoms with Crippen LogP contribution in [0.25, 0.3) is 0 Å². The Hall–Kier alpha value is -1.89. The summed E-state index contributed by atoms with van der Waals surface area (Å²) in [6.07, 6.45) is 5.10. The van der Waals surface area contributed by atoms with E-state index in [9.17, 15) is 9.18 Å². The molecule has 1 aliphatic heterocycles. The van der Waals surface area contributed by atoms with Gasteiger partial charge in [0.05, 0.1) is 5.25 Å². The van der Waals surface area contributed by atoms with Gasteiger partial charge in [0, 0.05) is 18.7 Å². The van der Waals surface area contributed by atoms with Gasteiger partial charge in [0.15, 0.2) is 5.16 Å². The van der Waals surface area contributed by atoms with Crippen LogP contribution in [-0.2, 0) is 17.8 Å². The summed E-state index contributed by atoms with van der Waals surface area (Å²) in [6, 6.07) is 5.80. The fourth-order valence-electron chi connectivity index (χ4n) is 2.75. The topological polar surface area (TPSA) is 59.8 Å². The molecular formula is C17H21FN4OS. The molecule has 128 valence electrons. The fourth-order valence-corrected chi connectivity index (χ4v) is 3.75. The number of thioether (sulfide) groups is 1. The summed E-state index contributed by atoms with van der Waals surface area (Å²) in [5, 5.41) is 11.9. The Morgan fingerprint density at radius 3 is 2.83 bits per heavy atom. The lowest BCUT2D eigenvalue weighted by molar-refractivity contribution is -0.115. The van der Waals surface area contributed by atoms with Gasteiger partial charge in [-0.15, -0.1) is 10.2 Å². The lowest BCUT2D eigenvalue weighted by Gasteiger charge is -2.15. The van der Waals surface area contributed by atoms with Crippen LogP contribution in [0.1, 0.15) is 38.4 Å². The summed E-state index contributed by atoms with van der Waals surface area (Å²) in [5.74, 6) is 0.601. The molecule has 0 aliphatic carbocycles. The molecule has 1 aromatic carbocycles. The lowest BCUT2D eigenvalue weighted by Crippen LogP contribution is -2.25. The summed E-state index contributed by atoms with van der Waals surface area (Å²) in [7, 11) is 0. The number of aromatic nitrogens is 3. The number of fused-ring (bicyclic) bond motifs is 1. The van der Waals surface area contributed by atoms with Crippen LogP contribution in [-0.4, -0.2) is 25.9 Å². The highest BCUT2D eigenvalue weighted by atomic mass is 32.2. The van der Waals surface area contributed by atoms with E-state index in [0.717, 1.165) is 36.8 Å². The number of nitrogens with one attached hydrogen (secondary N) is 1. The Bertz CT molecular complexity index is 701. The number of benzene rings is 1. The Morgan fingerprint density at radius 1 is 1.29 bits per heavy atom. The van der Waals surface area contributed by atoms with E-state index in [0.29, 0.717) is 12.1 Å². The van der Waals surface area contributed by atoms with Gasteiger partial charge in [-0.05, 0) is 43.5 Å². The molecule has 3 rings (SSSR count). The molecule has 24 heavy (non-hydrogen) atoms. The Morgan fingerprint density at radius 2 is 2.08 bits per heavy atom. The van der Waals surface area contributed by atoms with E-state index >= 15 is 0 Å². The van der Waals surface area contributed by atoms with Crippen LogP contribution in [0.4, 0.5) is 10.1 Å². The molecule has 0 saturated carbocycles. The Kier molecular flexibility index (Phi) is 5.50. The highest BCUT2D eigenvalue weighted by molar-refractivity contribution is 8.00. The van der Waals surface area contributed by atoms with Crippen molar-refractivity contribution in [2.24, 2.45) is 0 Å². The van der Waals surface area contributed by atoms with Crippen molar-refractivity contribution < 1.29 is 9.18 Å². The second-order valence-corrected chi connectivity index (χ2v) is 7.04. The van der Waals surface area contributed by atoms with Crippen LogP contribution >= 0.6 is 11.8 Å². The molecule has 7 heteroatoms. The van der Waals surface area contributed by atoms with Crippen LogP contribution < -0.4 is 5.32 Å². The van der Waals surface area contributed by atoms with Crippen molar-refractivity contribution in [3.63, 3.8) is 0 Å². The number of aryl methyl sites for hydroxylation is 1. The second-order valence-electron chi connectivity index (χ2n) is 5.87. The summed E-state index contributed by atoms with van der Waals surface area (Å²) in [4.78, 5) is 12.5. The normalized spacial score (nSPS) is 15.4. The summed E-state index contributed by atoms with van der Waals surface area (Å²) in [5.41, 5.74) is 0.598. The second kappa shape index (κ2) is 7.79. The summed E-state index contributed by atoms with van der Waals surface area (Å²) in [6.45, 7) is 2.89. The third-order valence-corrected chi connectivity index (χ3v) is 5.44. The number of anilines is 1. The number of carbonyl (C=O) groups excluding carboxylic acids is 1. The number of hydrogen-bond acceptors (Lipinski definition) is 4. The zero-order chi connectivity index (χ0) is 16.9. The molecular weight excluding hydrogens is 327 g/mol. The van der Waals surface area contributed by atoms with Gasteiger partial charge in [-0.2, -0.15) is 0 Å². The number of rotatable bonds is 5. The average Bonchev–Trinajstić information content (AvgIpc) is 2.80. The van der Waals surface area contributed by atoms with Gasteiger partial charge in [0.1, 0.15) is 11.6 Å². The molecule has 1 amide bonds. The molecule has 2 heterocycles. The molecule has 1 N–H and O–H groups in total. The van der Waals surface area contributed by atoms with E-state index < -0.39 is 0 Å². The smallest absolute Gasteiger partial charge is 0.237 e. The van der Waals surface area contributed by atoms with Crippen molar-refractivity contribution in [1.29, 1.82) is 0 Å². The van der Waals surface area contributed by atoms with Crippen LogP contribution in [0.15, 0.2) is 29.4 Å². The first-order chi connectivity index (χ1) is 11.7. The van der Waals surface area contributed by atoms with Gasteiger partial charge in [0.2, 0.25) is 5.91 Å². The quantitative estimate of drug-likeness (QED) is 0.838. The molecule has 2 aromatic rings. The number of nitrogens with zero attached hydrogens (tertiary/aromatic N) is 3. The largest absolute Gasteiger partial charge is 0.325 e. The third kappa shape index (κ3) is 3.95. The SMILES string of the molecule is CCC(Sc1nnc2n1CCCCC2)C(=O)Nc1ccc(F)cc1. The standard InChI is InChI=1S/C17H21FN4OS/c1-2-14(16(23)19-13-9-7-12(18)8-10-13)24-17-21-20-15-6-4-3-5-11-22(15)17/h7-10,14H,2-6,11H2,1H3,(H,19,23). The first kappa shape index (κ1) is 17.0. The zero-order valence-corrected chi connectivity index (χ0v) is 14.5. The van der Waals surface area contributed by atoms with Crippen LogP contribution in [0.3, 0.4) is 0 Å². The Balaban J connectivity index is 1.69. The lowest BCUT2D eigenvalue weighted by atomic mass is 10.2. The van der Waals surface area contributed by atoms with Gasteiger partial charge < -0.3 is 9.88 Å². The van der Waals surface area contributed by atoms with E-state index in [2.05, 4.69) is 20.1 Å². The van der Waals surface area contributed by atoms with Gasteiger partial charge in [-0.1, -0.05) is 25.1 Å². The van der Waals surface area contributed by atoms with Gasteiger partial charge in [-0.3, -0.25) is 4.79 Å². The predicted molar refractivity (Wildman–Crippen MR) is 92.5 cm³/mol. The van der Waals surface area contributed by atoms with Gasteiger partial charge >= 0.3 is 0 Å². The van der Waals surface area contributed by atoms with E-state index in [1.165, 1.54) is 30.3 Å². The zero-order valence-electron chi connectivity index (χ0n) is 13.7. The van der Waals surface area contributed by atoms with E-state index in [-0.39, 0.29) is 17.0 Å². The minimum Gasteiger partial charge on any atom is -0.325 e. The fraction of sp³-hybridized carbons (Fsp3) is 0.471. The molecule has 1 unspecified atom stereocenters. The maximum atomic E-state index is 13.0. The molecule has 1 atom stereocenters. The molecule has 0 saturated heterocycles. The predicted octanol–water partition coefficient (Wildman–Crippen LogP) is 3.65. The van der Waals surface area contributed by atoms with E-state index in [4.69, 9.17) is 0 Å². The maximum Gasteiger partial charge on any atom is 0.237 e. The highest BCUT2D eigenvalue weighted by Crippen LogP contribution is 2.27. The van der Waals surface area contributed by atoms with Crippen LogP contribution in [0.5, 0.6) is 0 Å². The number of carbonyl (C=O) groups is 1. The van der Waals surface area contributed by atoms with Crippen molar-refractivity contribution in [3.05, 3.63) is 35.9 Å². The Labute approximate surface area is 145 Å². The third-order valence-electron chi connectivity index (χ3n) is 4.10. The van der Waals surface area contributed by atoms with Crippen molar-refractivity contribution in [2.45, 2.75) is 56.0 Å². The van der Waals surface area contributed by atoms with Crippen LogP contribution in [0.2, 0.25) is 0 Å². The molecule has 0 radical (unpaired) electrons. The van der Waals surface area contributed by atoms with Gasteiger partial charge in [-0.25, -0.2) is 4.39 Å². The molecule has 0 bridgehead atoms. The van der Waals surface area contributed by atoms with Gasteiger partial charge in [0.25, 0.3) is 0 Å². The number of hydrogen-bond donors (Lipinski definition) is 1. The first-order valence-electron chi connectivity index (χ1n) is 8.32. The molecule has 5 nitrogen and oxygen atoms in total. The molecule has 1 aromatic heterocycles. The summed E-state index contributed by atoms with van der Waals surface area (Å²) < 4.78 is 15.1. The minimum atomic E-state index is -0.319. The van der Waals surface area contributed by atoms with Crippen molar-refractivity contribution >= 4 is 23.4 Å². The first-order valence-corrected chi connectivity index (χ1v) is 9.20. The van der Waals surface area contributed by atoms with E-state index in [1.807, 2.05) is 6.92 Å². The maximum absolute atomic E-state index is 13.0.